The summed E-state index contributed by atoms with van der Waals surface area (Å²) < 4.78 is 33.2. The molecule has 0 fully saturated rings. The van der Waals surface area contributed by atoms with Crippen molar-refractivity contribution in [1.82, 2.24) is 0 Å². The van der Waals surface area contributed by atoms with Crippen LogP contribution < -0.4 is 5.19 Å². The van der Waals surface area contributed by atoms with Crippen LogP contribution in [0.5, 0.6) is 0 Å². The van der Waals surface area contributed by atoms with E-state index in [9.17, 15) is 0 Å². The fourth-order valence-corrected chi connectivity index (χ4v) is 6.38. The highest BCUT2D eigenvalue weighted by molar-refractivity contribution is 6.75. The molecule has 1 aromatic carbocycles. The van der Waals surface area contributed by atoms with Crippen LogP contribution >= 0.6 is 0 Å². The van der Waals surface area contributed by atoms with Crippen molar-refractivity contribution in [2.45, 2.75) is 19.4 Å². The first-order valence-electron chi connectivity index (χ1n) is 7.37. The van der Waals surface area contributed by atoms with Gasteiger partial charge in [-0.25, -0.2) is 0 Å². The summed E-state index contributed by atoms with van der Waals surface area (Å²) in [5.74, 6) is 0. The van der Waals surface area contributed by atoms with Gasteiger partial charge in [-0.3, -0.25) is 0 Å². The molecule has 0 N–H and O–H groups in total. The molecule has 132 valence electrons. The van der Waals surface area contributed by atoms with E-state index in [-0.39, 0.29) is 0 Å². The Morgan fingerprint density at radius 3 is 1.74 bits per heavy atom. The van der Waals surface area contributed by atoms with E-state index in [0.29, 0.717) is 6.04 Å². The minimum absolute atomic E-state index is 0.695. The van der Waals surface area contributed by atoms with E-state index in [0.717, 1.165) is 22.7 Å². The van der Waals surface area contributed by atoms with E-state index in [2.05, 4.69) is 18.2 Å². The van der Waals surface area contributed by atoms with Gasteiger partial charge in [0, 0.05) is 53.9 Å². The monoisotopic (exact) mass is 360 g/mol. The molecule has 0 bridgehead atoms. The van der Waals surface area contributed by atoms with Crippen LogP contribution in [0.2, 0.25) is 6.04 Å². The fraction of sp³-hybridized carbons (Fsp3) is 0.600. The fourth-order valence-electron chi connectivity index (χ4n) is 2.59. The lowest BCUT2D eigenvalue weighted by Crippen LogP contribution is -2.55. The molecule has 0 unspecified atom stereocenters. The van der Waals surface area contributed by atoms with Gasteiger partial charge >= 0.3 is 17.6 Å². The van der Waals surface area contributed by atoms with Crippen LogP contribution in [0.15, 0.2) is 18.2 Å². The predicted molar refractivity (Wildman–Crippen MR) is 92.9 cm³/mol. The Morgan fingerprint density at radius 2 is 1.30 bits per heavy atom. The molecule has 0 aliphatic carbocycles. The molecule has 0 radical (unpaired) electrons. The highest BCUT2D eigenvalue weighted by Gasteiger charge is 2.42. The molecule has 8 heteroatoms. The van der Waals surface area contributed by atoms with Gasteiger partial charge in [-0.2, -0.15) is 0 Å². The molecule has 0 spiro atoms. The molecule has 0 aliphatic heterocycles. The quantitative estimate of drug-likeness (QED) is 0.590. The highest BCUT2D eigenvalue weighted by Crippen LogP contribution is 2.18. The summed E-state index contributed by atoms with van der Waals surface area (Å²) in [6.45, 7) is 2.02. The summed E-state index contributed by atoms with van der Waals surface area (Å²) >= 11 is 0. The molecule has 0 saturated carbocycles. The Hall–Kier alpha value is -0.586. The van der Waals surface area contributed by atoms with Crippen molar-refractivity contribution in [2.24, 2.45) is 0 Å². The molecular weight excluding hydrogens is 332 g/mol. The normalized spacial score (nSPS) is 12.7. The van der Waals surface area contributed by atoms with E-state index in [1.54, 1.807) is 42.7 Å². The molecule has 0 heterocycles. The minimum Gasteiger partial charge on any atom is -0.377 e. The summed E-state index contributed by atoms with van der Waals surface area (Å²) in [5, 5.41) is 0.974. The Kier molecular flexibility index (Phi) is 8.04. The van der Waals surface area contributed by atoms with Gasteiger partial charge in [0.25, 0.3) is 0 Å². The Labute approximate surface area is 141 Å². The minimum atomic E-state index is -2.85. The van der Waals surface area contributed by atoms with Crippen LogP contribution in [-0.4, -0.2) is 60.3 Å². The van der Waals surface area contributed by atoms with E-state index in [1.165, 1.54) is 0 Å². The molecule has 6 nitrogen and oxygen atoms in total. The van der Waals surface area contributed by atoms with Crippen LogP contribution in [0.4, 0.5) is 0 Å². The molecule has 0 aliphatic rings. The van der Waals surface area contributed by atoms with Gasteiger partial charge in [-0.1, -0.05) is 18.2 Å². The lowest BCUT2D eigenvalue weighted by molar-refractivity contribution is 0.123. The first-order valence-corrected chi connectivity index (χ1v) is 11.0. The van der Waals surface area contributed by atoms with Crippen molar-refractivity contribution in [1.29, 1.82) is 0 Å². The standard InChI is InChI=1S/C15H28O6Si2/c1-13-8-9-14(10-11-22(16-2,17-3)18-4)12-15(13)23(19-5,20-6)21-7/h8-9,12H,10-11H2,1-7H3. The number of hydrogen-bond acceptors (Lipinski definition) is 6. The topological polar surface area (TPSA) is 55.4 Å². The lowest BCUT2D eigenvalue weighted by atomic mass is 10.1. The molecule has 1 rings (SSSR count). The van der Waals surface area contributed by atoms with Crippen molar-refractivity contribution >= 4 is 22.8 Å². The SMILES string of the molecule is CO[Si](CCc1ccc(C)c([Si](OC)(OC)OC)c1)(OC)OC. The molecule has 1 aromatic rings. The first kappa shape index (κ1) is 20.5. The van der Waals surface area contributed by atoms with E-state index in [4.69, 9.17) is 26.6 Å². The second-order valence-electron chi connectivity index (χ2n) is 5.11. The summed E-state index contributed by atoms with van der Waals surface area (Å²) in [6.07, 6.45) is 0.774. The number of benzene rings is 1. The zero-order valence-corrected chi connectivity index (χ0v) is 17.1. The summed E-state index contributed by atoms with van der Waals surface area (Å²) in [4.78, 5) is 0. The van der Waals surface area contributed by atoms with Crippen LogP contribution in [0, 0.1) is 6.92 Å². The van der Waals surface area contributed by atoms with Crippen molar-refractivity contribution in [3.8, 4) is 0 Å². The molecule has 0 aromatic heterocycles. The molecular formula is C15H28O6Si2. The highest BCUT2D eigenvalue weighted by atomic mass is 28.4. The van der Waals surface area contributed by atoms with E-state index in [1.807, 2.05) is 6.92 Å². The largest absolute Gasteiger partial charge is 0.536 e. The van der Waals surface area contributed by atoms with Gasteiger partial charge in [0.05, 0.1) is 0 Å². The number of rotatable bonds is 10. The van der Waals surface area contributed by atoms with E-state index < -0.39 is 17.6 Å². The Morgan fingerprint density at radius 1 is 0.783 bits per heavy atom. The molecule has 23 heavy (non-hydrogen) atoms. The van der Waals surface area contributed by atoms with Gasteiger partial charge < -0.3 is 26.6 Å². The second-order valence-corrected chi connectivity index (χ2v) is 11.1. The van der Waals surface area contributed by atoms with Crippen molar-refractivity contribution in [2.75, 3.05) is 42.7 Å². The third-order valence-corrected chi connectivity index (χ3v) is 9.63. The molecule has 0 saturated heterocycles. The zero-order chi connectivity index (χ0) is 17.5. The third-order valence-electron chi connectivity index (χ3n) is 4.09. The van der Waals surface area contributed by atoms with Crippen LogP contribution in [0.3, 0.4) is 0 Å². The van der Waals surface area contributed by atoms with Gasteiger partial charge in [0.15, 0.2) is 0 Å². The lowest BCUT2D eigenvalue weighted by Gasteiger charge is -2.27. The van der Waals surface area contributed by atoms with Gasteiger partial charge in [0.1, 0.15) is 0 Å². The van der Waals surface area contributed by atoms with Crippen molar-refractivity contribution in [3.63, 3.8) is 0 Å². The summed E-state index contributed by atoms with van der Waals surface area (Å²) in [6, 6.07) is 6.91. The van der Waals surface area contributed by atoms with Gasteiger partial charge in [-0.05, 0) is 24.5 Å². The maximum atomic E-state index is 5.60. The molecule has 0 amide bonds. The Balaban J connectivity index is 3.06. The average molecular weight is 361 g/mol. The second kappa shape index (κ2) is 9.04. The maximum absolute atomic E-state index is 5.60. The molecule has 0 atom stereocenters. The summed E-state index contributed by atoms with van der Waals surface area (Å²) in [5.41, 5.74) is 2.22. The smallest absolute Gasteiger partial charge is 0.377 e. The third kappa shape index (κ3) is 4.49. The van der Waals surface area contributed by atoms with Gasteiger partial charge in [-0.15, -0.1) is 0 Å². The van der Waals surface area contributed by atoms with Crippen molar-refractivity contribution in [3.05, 3.63) is 29.3 Å². The number of hydrogen-bond donors (Lipinski definition) is 0. The maximum Gasteiger partial charge on any atom is 0.536 e. The van der Waals surface area contributed by atoms with Crippen LogP contribution in [0.25, 0.3) is 0 Å². The first-order chi connectivity index (χ1) is 11.0. The Bertz CT molecular complexity index is 472. The van der Waals surface area contributed by atoms with Crippen molar-refractivity contribution < 1.29 is 26.6 Å². The average Bonchev–Trinajstić information content (AvgIpc) is 2.60. The van der Waals surface area contributed by atoms with Gasteiger partial charge in [0.2, 0.25) is 0 Å². The zero-order valence-electron chi connectivity index (χ0n) is 15.1. The van der Waals surface area contributed by atoms with Crippen LogP contribution in [-0.2, 0) is 33.0 Å². The number of aryl methyl sites for hydroxylation is 2. The summed E-state index contributed by atoms with van der Waals surface area (Å²) in [7, 11) is 4.28. The van der Waals surface area contributed by atoms with E-state index >= 15 is 0 Å². The van der Waals surface area contributed by atoms with Crippen LogP contribution in [0.1, 0.15) is 11.1 Å². The predicted octanol–water partition coefficient (Wildman–Crippen LogP) is 1.50.